The van der Waals surface area contributed by atoms with Crippen molar-refractivity contribution in [2.24, 2.45) is 0 Å². The van der Waals surface area contributed by atoms with E-state index in [1.54, 1.807) is 18.2 Å². The monoisotopic (exact) mass is 204 g/mol. The molecule has 1 rings (SSSR count). The van der Waals surface area contributed by atoms with Crippen LogP contribution < -0.4 is 10.1 Å². The topological polar surface area (TPSA) is 42.7 Å². The Bertz CT molecular complexity index is 382. The summed E-state index contributed by atoms with van der Waals surface area (Å²) < 4.78 is 4.97. The molecule has 0 bridgehead atoms. The number of amides is 1. The van der Waals surface area contributed by atoms with Crippen molar-refractivity contribution in [1.82, 2.24) is 5.32 Å². The van der Waals surface area contributed by atoms with E-state index in [2.05, 4.69) is 10.2 Å². The van der Waals surface area contributed by atoms with Crippen LogP contribution in [0, 0.1) is 6.57 Å². The lowest BCUT2D eigenvalue weighted by molar-refractivity contribution is 0.200. The first-order chi connectivity index (χ1) is 7.26. The van der Waals surface area contributed by atoms with E-state index in [4.69, 9.17) is 11.3 Å². The van der Waals surface area contributed by atoms with E-state index in [9.17, 15) is 4.79 Å². The number of nitrogens with zero attached hydrogens (tertiary/aromatic N) is 1. The highest BCUT2D eigenvalue weighted by atomic mass is 16.6. The van der Waals surface area contributed by atoms with Crippen LogP contribution in [0.25, 0.3) is 4.85 Å². The molecule has 0 saturated heterocycles. The number of nitrogens with one attached hydrogen (secondary N) is 1. The predicted molar refractivity (Wildman–Crippen MR) is 57.0 cm³/mol. The van der Waals surface area contributed by atoms with Gasteiger partial charge in [-0.1, -0.05) is 19.1 Å². The average molecular weight is 204 g/mol. The van der Waals surface area contributed by atoms with Crippen LogP contribution >= 0.6 is 0 Å². The second-order valence-electron chi connectivity index (χ2n) is 2.93. The minimum absolute atomic E-state index is 0.386. The van der Waals surface area contributed by atoms with Gasteiger partial charge in [0.1, 0.15) is 5.75 Å². The number of carbonyl (C=O) groups excluding carboxylic acids is 1. The van der Waals surface area contributed by atoms with Gasteiger partial charge in [-0.15, -0.1) is 0 Å². The van der Waals surface area contributed by atoms with Crippen molar-refractivity contribution in [2.75, 3.05) is 6.54 Å². The van der Waals surface area contributed by atoms with E-state index in [0.29, 0.717) is 18.0 Å². The minimum Gasteiger partial charge on any atom is -0.412 e. The van der Waals surface area contributed by atoms with Gasteiger partial charge < -0.3 is 10.1 Å². The number of carbonyl (C=O) groups is 1. The van der Waals surface area contributed by atoms with Crippen LogP contribution in [0.5, 0.6) is 5.75 Å². The number of benzene rings is 1. The fourth-order valence-corrected chi connectivity index (χ4v) is 0.987. The Balaban J connectivity index is 2.57. The van der Waals surface area contributed by atoms with Gasteiger partial charge in [-0.2, -0.15) is 0 Å². The number of hydrogen-bond donors (Lipinski definition) is 1. The van der Waals surface area contributed by atoms with Crippen LogP contribution in [0.1, 0.15) is 13.3 Å². The molecule has 0 unspecified atom stereocenters. The lowest BCUT2D eigenvalue weighted by Crippen LogP contribution is -2.27. The smallest absolute Gasteiger partial charge is 0.412 e. The molecule has 0 fully saturated rings. The van der Waals surface area contributed by atoms with Crippen LogP contribution in [0.2, 0.25) is 0 Å². The van der Waals surface area contributed by atoms with E-state index in [0.717, 1.165) is 6.42 Å². The van der Waals surface area contributed by atoms with Gasteiger partial charge in [-0.25, -0.2) is 9.64 Å². The van der Waals surface area contributed by atoms with Gasteiger partial charge in [0.15, 0.2) is 5.69 Å². The summed E-state index contributed by atoms with van der Waals surface area (Å²) in [5, 5.41) is 2.58. The van der Waals surface area contributed by atoms with E-state index in [1.807, 2.05) is 6.92 Å². The molecule has 1 aromatic rings. The average Bonchev–Trinajstić information content (AvgIpc) is 2.26. The predicted octanol–water partition coefficient (Wildman–Crippen LogP) is 2.74. The zero-order valence-corrected chi connectivity index (χ0v) is 8.49. The normalized spacial score (nSPS) is 9.07. The van der Waals surface area contributed by atoms with Gasteiger partial charge in [0.2, 0.25) is 0 Å². The van der Waals surface area contributed by atoms with Gasteiger partial charge in [0, 0.05) is 6.54 Å². The van der Waals surface area contributed by atoms with E-state index in [1.165, 1.54) is 6.07 Å². The standard InChI is InChI=1S/C11H12N2O2/c1-3-7-13-11(14)15-10-6-4-5-9(8-10)12-2/h4-6,8H,3,7H2,1H3,(H,13,14). The third-order valence-electron chi connectivity index (χ3n) is 1.68. The molecule has 1 N–H and O–H groups in total. The zero-order chi connectivity index (χ0) is 11.1. The van der Waals surface area contributed by atoms with Gasteiger partial charge >= 0.3 is 6.09 Å². The largest absolute Gasteiger partial charge is 0.412 e. The van der Waals surface area contributed by atoms with E-state index >= 15 is 0 Å². The van der Waals surface area contributed by atoms with Gasteiger partial charge in [-0.05, 0) is 18.6 Å². The van der Waals surface area contributed by atoms with Crippen molar-refractivity contribution in [2.45, 2.75) is 13.3 Å². The highest BCUT2D eigenvalue weighted by Crippen LogP contribution is 2.19. The Morgan fingerprint density at radius 2 is 2.40 bits per heavy atom. The summed E-state index contributed by atoms with van der Waals surface area (Å²) in [7, 11) is 0. The molecular formula is C11H12N2O2. The molecule has 78 valence electrons. The Labute approximate surface area is 88.7 Å². The lowest BCUT2D eigenvalue weighted by Gasteiger charge is -2.05. The molecule has 1 aromatic carbocycles. The fourth-order valence-electron chi connectivity index (χ4n) is 0.987. The third kappa shape index (κ3) is 3.69. The lowest BCUT2D eigenvalue weighted by atomic mass is 10.3. The molecule has 0 saturated carbocycles. The van der Waals surface area contributed by atoms with Crippen LogP contribution in [0.3, 0.4) is 0 Å². The highest BCUT2D eigenvalue weighted by molar-refractivity contribution is 5.70. The van der Waals surface area contributed by atoms with Crippen LogP contribution in [-0.4, -0.2) is 12.6 Å². The maximum atomic E-state index is 11.2. The van der Waals surface area contributed by atoms with Gasteiger partial charge in [-0.3, -0.25) is 0 Å². The highest BCUT2D eigenvalue weighted by Gasteiger charge is 2.02. The van der Waals surface area contributed by atoms with Crippen molar-refractivity contribution in [3.8, 4) is 5.75 Å². The minimum atomic E-state index is -0.487. The molecule has 4 nitrogen and oxygen atoms in total. The summed E-state index contributed by atoms with van der Waals surface area (Å²) in [4.78, 5) is 14.4. The molecule has 1 amide bonds. The molecule has 0 aliphatic heterocycles. The van der Waals surface area contributed by atoms with Crippen LogP contribution in [0.15, 0.2) is 24.3 Å². The Hall–Kier alpha value is -2.02. The Morgan fingerprint density at radius 1 is 1.60 bits per heavy atom. The molecule has 0 radical (unpaired) electrons. The maximum absolute atomic E-state index is 11.2. The number of rotatable bonds is 3. The molecule has 15 heavy (non-hydrogen) atoms. The van der Waals surface area contributed by atoms with Crippen LogP contribution in [-0.2, 0) is 0 Å². The van der Waals surface area contributed by atoms with Gasteiger partial charge in [0.05, 0.1) is 6.57 Å². The Morgan fingerprint density at radius 3 is 3.07 bits per heavy atom. The summed E-state index contributed by atoms with van der Waals surface area (Å²) >= 11 is 0. The first-order valence-corrected chi connectivity index (χ1v) is 4.69. The number of hydrogen-bond acceptors (Lipinski definition) is 2. The SMILES string of the molecule is [C-]#[N+]c1cccc(OC(=O)NCCC)c1. The molecule has 0 aromatic heterocycles. The second kappa shape index (κ2) is 5.66. The second-order valence-corrected chi connectivity index (χ2v) is 2.93. The summed E-state index contributed by atoms with van der Waals surface area (Å²) in [6, 6.07) is 6.50. The first-order valence-electron chi connectivity index (χ1n) is 4.69. The molecule has 0 spiro atoms. The molecule has 0 aliphatic rings. The molecular weight excluding hydrogens is 192 g/mol. The summed E-state index contributed by atoms with van der Waals surface area (Å²) in [5.74, 6) is 0.386. The fraction of sp³-hybridized carbons (Fsp3) is 0.273. The molecule has 4 heteroatoms. The van der Waals surface area contributed by atoms with Crippen molar-refractivity contribution in [1.29, 1.82) is 0 Å². The molecule has 0 aliphatic carbocycles. The van der Waals surface area contributed by atoms with E-state index < -0.39 is 6.09 Å². The first kappa shape index (κ1) is 11.1. The third-order valence-corrected chi connectivity index (χ3v) is 1.68. The van der Waals surface area contributed by atoms with Crippen molar-refractivity contribution >= 4 is 11.8 Å². The van der Waals surface area contributed by atoms with Crippen molar-refractivity contribution in [3.05, 3.63) is 35.7 Å². The molecule has 0 heterocycles. The van der Waals surface area contributed by atoms with E-state index in [-0.39, 0.29) is 0 Å². The number of ether oxygens (including phenoxy) is 1. The maximum Gasteiger partial charge on any atom is 0.412 e. The summed E-state index contributed by atoms with van der Waals surface area (Å²) in [6.45, 7) is 9.35. The zero-order valence-electron chi connectivity index (χ0n) is 8.49. The van der Waals surface area contributed by atoms with Crippen LogP contribution in [0.4, 0.5) is 10.5 Å². The van der Waals surface area contributed by atoms with Crippen molar-refractivity contribution in [3.63, 3.8) is 0 Å². The van der Waals surface area contributed by atoms with Gasteiger partial charge in [0.25, 0.3) is 0 Å². The summed E-state index contributed by atoms with van der Waals surface area (Å²) in [6.07, 6.45) is 0.371. The summed E-state index contributed by atoms with van der Waals surface area (Å²) in [5.41, 5.74) is 0.454. The quantitative estimate of drug-likeness (QED) is 0.769. The van der Waals surface area contributed by atoms with Crippen molar-refractivity contribution < 1.29 is 9.53 Å². The molecule has 0 atom stereocenters. The Kier molecular flexibility index (Phi) is 4.17.